The molecule has 1 aliphatic carbocycles. The van der Waals surface area contributed by atoms with Crippen molar-refractivity contribution in [2.24, 2.45) is 0 Å². The number of rotatable bonds is 1. The van der Waals surface area contributed by atoms with Crippen LogP contribution in [0.5, 0.6) is 0 Å². The van der Waals surface area contributed by atoms with Crippen LogP contribution in [-0.4, -0.2) is 0 Å². The SMILES string of the molecule is Cc1cc(C2CCCCCC2)cc(C)c1N. The fourth-order valence-corrected chi connectivity index (χ4v) is 2.86. The fourth-order valence-electron chi connectivity index (χ4n) is 2.86. The topological polar surface area (TPSA) is 26.0 Å². The highest BCUT2D eigenvalue weighted by molar-refractivity contribution is 5.54. The smallest absolute Gasteiger partial charge is 0.0373 e. The molecule has 1 heteroatoms. The van der Waals surface area contributed by atoms with Crippen molar-refractivity contribution in [2.75, 3.05) is 5.73 Å². The van der Waals surface area contributed by atoms with Gasteiger partial charge in [0.1, 0.15) is 0 Å². The van der Waals surface area contributed by atoms with Crippen molar-refractivity contribution in [3.63, 3.8) is 0 Å². The molecular formula is C15H23N. The van der Waals surface area contributed by atoms with Gasteiger partial charge in [0.05, 0.1) is 0 Å². The van der Waals surface area contributed by atoms with Crippen LogP contribution in [0.2, 0.25) is 0 Å². The minimum Gasteiger partial charge on any atom is -0.398 e. The van der Waals surface area contributed by atoms with Crippen LogP contribution in [0, 0.1) is 13.8 Å². The zero-order valence-electron chi connectivity index (χ0n) is 10.6. The molecule has 0 saturated heterocycles. The Morgan fingerprint density at radius 1 is 0.938 bits per heavy atom. The van der Waals surface area contributed by atoms with Crippen molar-refractivity contribution in [1.29, 1.82) is 0 Å². The van der Waals surface area contributed by atoms with Gasteiger partial charge in [-0.05, 0) is 49.3 Å². The summed E-state index contributed by atoms with van der Waals surface area (Å²) in [5, 5.41) is 0. The Bertz CT molecular complexity index is 337. The Hall–Kier alpha value is -0.980. The van der Waals surface area contributed by atoms with E-state index in [1.54, 1.807) is 0 Å². The first-order valence-electron chi connectivity index (χ1n) is 6.55. The molecule has 0 aliphatic heterocycles. The molecule has 1 aliphatic rings. The molecule has 0 atom stereocenters. The highest BCUT2D eigenvalue weighted by Gasteiger charge is 2.15. The highest BCUT2D eigenvalue weighted by atomic mass is 14.6. The van der Waals surface area contributed by atoms with Crippen LogP contribution in [0.15, 0.2) is 12.1 Å². The summed E-state index contributed by atoms with van der Waals surface area (Å²) in [5.74, 6) is 0.778. The van der Waals surface area contributed by atoms with Crippen molar-refractivity contribution >= 4 is 5.69 Å². The number of hydrogen-bond acceptors (Lipinski definition) is 1. The van der Waals surface area contributed by atoms with Crippen molar-refractivity contribution in [3.8, 4) is 0 Å². The normalized spacial score (nSPS) is 18.4. The van der Waals surface area contributed by atoms with Crippen LogP contribution in [0.3, 0.4) is 0 Å². The predicted octanol–water partition coefficient (Wildman–Crippen LogP) is 4.32. The van der Waals surface area contributed by atoms with Crippen molar-refractivity contribution in [2.45, 2.75) is 58.3 Å². The van der Waals surface area contributed by atoms with Crippen LogP contribution in [0.25, 0.3) is 0 Å². The van der Waals surface area contributed by atoms with Gasteiger partial charge in [0.25, 0.3) is 0 Å². The van der Waals surface area contributed by atoms with E-state index < -0.39 is 0 Å². The van der Waals surface area contributed by atoms with E-state index in [0.717, 1.165) is 11.6 Å². The van der Waals surface area contributed by atoms with E-state index in [2.05, 4.69) is 26.0 Å². The second kappa shape index (κ2) is 4.90. The Morgan fingerprint density at radius 2 is 1.44 bits per heavy atom. The maximum absolute atomic E-state index is 6.01. The third kappa shape index (κ3) is 2.40. The van der Waals surface area contributed by atoms with Gasteiger partial charge in [0, 0.05) is 5.69 Å². The molecule has 1 saturated carbocycles. The summed E-state index contributed by atoms with van der Waals surface area (Å²) in [6.45, 7) is 4.26. The minimum atomic E-state index is 0.778. The molecule has 0 radical (unpaired) electrons. The maximum Gasteiger partial charge on any atom is 0.0373 e. The summed E-state index contributed by atoms with van der Waals surface area (Å²) in [7, 11) is 0. The number of nitrogens with two attached hydrogens (primary N) is 1. The van der Waals surface area contributed by atoms with Gasteiger partial charge >= 0.3 is 0 Å². The summed E-state index contributed by atoms with van der Waals surface area (Å²) in [6, 6.07) is 4.61. The molecule has 2 rings (SSSR count). The summed E-state index contributed by atoms with van der Waals surface area (Å²) in [5.41, 5.74) is 11.0. The van der Waals surface area contributed by atoms with Gasteiger partial charge in [0.2, 0.25) is 0 Å². The van der Waals surface area contributed by atoms with Crippen LogP contribution in [0.1, 0.15) is 61.1 Å². The largest absolute Gasteiger partial charge is 0.398 e. The van der Waals surface area contributed by atoms with Gasteiger partial charge < -0.3 is 5.73 Å². The number of benzene rings is 1. The first-order chi connectivity index (χ1) is 7.68. The lowest BCUT2D eigenvalue weighted by Crippen LogP contribution is -2.01. The van der Waals surface area contributed by atoms with Crippen molar-refractivity contribution < 1.29 is 0 Å². The van der Waals surface area contributed by atoms with Gasteiger partial charge in [0.15, 0.2) is 0 Å². The molecule has 0 unspecified atom stereocenters. The number of hydrogen-bond donors (Lipinski definition) is 1. The lowest BCUT2D eigenvalue weighted by Gasteiger charge is -2.17. The third-order valence-corrected chi connectivity index (χ3v) is 3.94. The zero-order valence-corrected chi connectivity index (χ0v) is 10.6. The second-order valence-corrected chi connectivity index (χ2v) is 5.26. The first-order valence-corrected chi connectivity index (χ1v) is 6.55. The molecule has 1 fully saturated rings. The van der Waals surface area contributed by atoms with Gasteiger partial charge in [-0.3, -0.25) is 0 Å². The quantitative estimate of drug-likeness (QED) is 0.550. The summed E-state index contributed by atoms with van der Waals surface area (Å²) < 4.78 is 0. The Labute approximate surface area is 99.0 Å². The second-order valence-electron chi connectivity index (χ2n) is 5.26. The highest BCUT2D eigenvalue weighted by Crippen LogP contribution is 2.33. The third-order valence-electron chi connectivity index (χ3n) is 3.94. The van der Waals surface area contributed by atoms with E-state index in [1.807, 2.05) is 0 Å². The molecule has 1 aromatic rings. The molecule has 88 valence electrons. The molecule has 0 bridgehead atoms. The Balaban J connectivity index is 2.25. The molecular weight excluding hydrogens is 194 g/mol. The van der Waals surface area contributed by atoms with E-state index in [-0.39, 0.29) is 0 Å². The summed E-state index contributed by atoms with van der Waals surface area (Å²) in [4.78, 5) is 0. The summed E-state index contributed by atoms with van der Waals surface area (Å²) in [6.07, 6.45) is 8.36. The van der Waals surface area contributed by atoms with E-state index in [0.29, 0.717) is 0 Å². The van der Waals surface area contributed by atoms with Crippen LogP contribution < -0.4 is 5.73 Å². The van der Waals surface area contributed by atoms with Gasteiger partial charge in [-0.1, -0.05) is 37.8 Å². The average Bonchev–Trinajstić information content (AvgIpc) is 2.53. The van der Waals surface area contributed by atoms with Crippen LogP contribution >= 0.6 is 0 Å². The molecule has 2 N–H and O–H groups in total. The average molecular weight is 217 g/mol. The Morgan fingerprint density at radius 3 is 1.94 bits per heavy atom. The zero-order chi connectivity index (χ0) is 11.5. The van der Waals surface area contributed by atoms with Crippen molar-refractivity contribution in [3.05, 3.63) is 28.8 Å². The monoisotopic (exact) mass is 217 g/mol. The summed E-state index contributed by atoms with van der Waals surface area (Å²) >= 11 is 0. The van der Waals surface area contributed by atoms with Gasteiger partial charge in [-0.25, -0.2) is 0 Å². The van der Waals surface area contributed by atoms with E-state index in [1.165, 1.54) is 55.2 Å². The van der Waals surface area contributed by atoms with Gasteiger partial charge in [-0.2, -0.15) is 0 Å². The molecule has 1 nitrogen and oxygen atoms in total. The molecule has 1 aromatic carbocycles. The lowest BCUT2D eigenvalue weighted by molar-refractivity contribution is 0.592. The van der Waals surface area contributed by atoms with Crippen LogP contribution in [0.4, 0.5) is 5.69 Å². The molecule has 0 heterocycles. The number of anilines is 1. The molecule has 0 aromatic heterocycles. The van der Waals surface area contributed by atoms with E-state index in [9.17, 15) is 0 Å². The fraction of sp³-hybridized carbons (Fsp3) is 0.600. The van der Waals surface area contributed by atoms with Crippen LogP contribution in [-0.2, 0) is 0 Å². The lowest BCUT2D eigenvalue weighted by atomic mass is 9.89. The molecule has 0 amide bonds. The maximum atomic E-state index is 6.01. The van der Waals surface area contributed by atoms with E-state index >= 15 is 0 Å². The Kier molecular flexibility index (Phi) is 3.52. The van der Waals surface area contributed by atoms with E-state index in [4.69, 9.17) is 5.73 Å². The standard InChI is InChI=1S/C15H23N/c1-11-9-14(10-12(2)15(11)16)13-7-5-3-4-6-8-13/h9-10,13H,3-8,16H2,1-2H3. The number of nitrogen functional groups attached to an aromatic ring is 1. The van der Waals surface area contributed by atoms with Crippen molar-refractivity contribution in [1.82, 2.24) is 0 Å². The van der Waals surface area contributed by atoms with Gasteiger partial charge in [-0.15, -0.1) is 0 Å². The molecule has 0 spiro atoms. The minimum absolute atomic E-state index is 0.778. The number of aryl methyl sites for hydroxylation is 2. The first kappa shape index (κ1) is 11.5. The molecule has 16 heavy (non-hydrogen) atoms. The predicted molar refractivity (Wildman–Crippen MR) is 70.8 cm³/mol.